The average Bonchev–Trinajstić information content (AvgIpc) is 2.26. The summed E-state index contributed by atoms with van der Waals surface area (Å²) in [4.78, 5) is 1.66. The van der Waals surface area contributed by atoms with Crippen molar-refractivity contribution < 1.29 is 8.78 Å². The van der Waals surface area contributed by atoms with E-state index in [1.165, 1.54) is 0 Å². The van der Waals surface area contributed by atoms with Crippen LogP contribution in [-0.4, -0.2) is 31.5 Å². The highest BCUT2D eigenvalue weighted by Gasteiger charge is 2.18. The molecule has 0 saturated heterocycles. The molecule has 4 heteroatoms. The van der Waals surface area contributed by atoms with E-state index in [0.29, 0.717) is 13.0 Å². The Kier molecular flexibility index (Phi) is 5.35. The summed E-state index contributed by atoms with van der Waals surface area (Å²) in [5.74, 6) is 0. The molecule has 0 bridgehead atoms. The number of alkyl halides is 2. The van der Waals surface area contributed by atoms with Crippen LogP contribution < -0.4 is 5.73 Å². The van der Waals surface area contributed by atoms with E-state index < -0.39 is 6.43 Å². The molecule has 2 N–H and O–H groups in total. The van der Waals surface area contributed by atoms with Gasteiger partial charge in [0.15, 0.2) is 0 Å². The number of rotatable bonds is 6. The molecule has 2 nitrogen and oxygen atoms in total. The number of nitrogens with two attached hydrogens (primary N) is 1. The van der Waals surface area contributed by atoms with Crippen molar-refractivity contribution in [2.45, 2.75) is 18.9 Å². The molecule has 0 aliphatic heterocycles. The molecule has 0 saturated carbocycles. The predicted molar refractivity (Wildman–Crippen MR) is 61.5 cm³/mol. The Morgan fingerprint density at radius 3 is 2.38 bits per heavy atom. The Hall–Kier alpha value is -1.00. The molecule has 1 rings (SSSR count). The normalized spacial score (nSPS) is 13.4. The molecule has 0 heterocycles. The molecule has 0 radical (unpaired) electrons. The minimum Gasteiger partial charge on any atom is -0.330 e. The molecule has 0 spiro atoms. The topological polar surface area (TPSA) is 29.3 Å². The van der Waals surface area contributed by atoms with Crippen molar-refractivity contribution in [3.05, 3.63) is 35.9 Å². The highest BCUT2D eigenvalue weighted by molar-refractivity contribution is 5.18. The lowest BCUT2D eigenvalue weighted by Gasteiger charge is -2.27. The first kappa shape index (κ1) is 13.1. The first-order valence-electron chi connectivity index (χ1n) is 5.38. The highest BCUT2D eigenvalue weighted by Crippen LogP contribution is 2.22. The Bertz CT molecular complexity index is 290. The third-order valence-corrected chi connectivity index (χ3v) is 2.58. The van der Waals surface area contributed by atoms with Crippen LogP contribution in [0.2, 0.25) is 0 Å². The molecule has 16 heavy (non-hydrogen) atoms. The van der Waals surface area contributed by atoms with Gasteiger partial charge in [0.1, 0.15) is 0 Å². The van der Waals surface area contributed by atoms with Gasteiger partial charge < -0.3 is 5.73 Å². The Balaban J connectivity index is 2.74. The minimum atomic E-state index is -2.31. The van der Waals surface area contributed by atoms with Gasteiger partial charge in [0.05, 0.1) is 6.54 Å². The van der Waals surface area contributed by atoms with Gasteiger partial charge in [-0.2, -0.15) is 0 Å². The molecule has 1 unspecified atom stereocenters. The monoisotopic (exact) mass is 228 g/mol. The Labute approximate surface area is 95.1 Å². The fraction of sp³-hybridized carbons (Fsp3) is 0.500. The summed E-state index contributed by atoms with van der Waals surface area (Å²) < 4.78 is 24.7. The number of hydrogen-bond acceptors (Lipinski definition) is 2. The van der Waals surface area contributed by atoms with E-state index >= 15 is 0 Å². The van der Waals surface area contributed by atoms with Gasteiger partial charge in [-0.1, -0.05) is 30.3 Å². The largest absolute Gasteiger partial charge is 0.330 e. The molecule has 1 aromatic carbocycles. The first-order chi connectivity index (χ1) is 7.65. The second kappa shape index (κ2) is 6.55. The van der Waals surface area contributed by atoms with Crippen LogP contribution in [-0.2, 0) is 0 Å². The summed E-state index contributed by atoms with van der Waals surface area (Å²) in [5.41, 5.74) is 6.56. The first-order valence-corrected chi connectivity index (χ1v) is 5.38. The summed E-state index contributed by atoms with van der Waals surface area (Å²) in [6.07, 6.45) is -1.62. The number of hydrogen-bond donors (Lipinski definition) is 1. The van der Waals surface area contributed by atoms with Gasteiger partial charge in [0.2, 0.25) is 0 Å². The summed E-state index contributed by atoms with van der Waals surface area (Å²) in [6.45, 7) is 0.271. The van der Waals surface area contributed by atoms with Crippen LogP contribution in [0.3, 0.4) is 0 Å². The van der Waals surface area contributed by atoms with E-state index in [4.69, 9.17) is 5.73 Å². The zero-order valence-electron chi connectivity index (χ0n) is 9.44. The molecular weight excluding hydrogens is 210 g/mol. The Morgan fingerprint density at radius 1 is 1.25 bits per heavy atom. The van der Waals surface area contributed by atoms with Gasteiger partial charge in [0.25, 0.3) is 6.43 Å². The van der Waals surface area contributed by atoms with Gasteiger partial charge in [-0.05, 0) is 25.6 Å². The van der Waals surface area contributed by atoms with E-state index in [1.807, 2.05) is 30.3 Å². The second-order valence-corrected chi connectivity index (χ2v) is 3.83. The maximum Gasteiger partial charge on any atom is 0.251 e. The number of nitrogens with zero attached hydrogens (tertiary/aromatic N) is 1. The van der Waals surface area contributed by atoms with Crippen LogP contribution in [0.15, 0.2) is 30.3 Å². The second-order valence-electron chi connectivity index (χ2n) is 3.83. The third-order valence-electron chi connectivity index (χ3n) is 2.58. The van der Waals surface area contributed by atoms with E-state index in [2.05, 4.69) is 0 Å². The van der Waals surface area contributed by atoms with Gasteiger partial charge in [-0.25, -0.2) is 8.78 Å². The smallest absolute Gasteiger partial charge is 0.251 e. The summed E-state index contributed by atoms with van der Waals surface area (Å²) in [6, 6.07) is 9.60. The zero-order chi connectivity index (χ0) is 12.0. The van der Waals surface area contributed by atoms with Crippen LogP contribution in [0.25, 0.3) is 0 Å². The van der Waals surface area contributed by atoms with Crippen LogP contribution in [0, 0.1) is 0 Å². The van der Waals surface area contributed by atoms with Crippen LogP contribution in [0.5, 0.6) is 0 Å². The lowest BCUT2D eigenvalue weighted by atomic mass is 10.0. The summed E-state index contributed by atoms with van der Waals surface area (Å²) in [5, 5.41) is 0. The third kappa shape index (κ3) is 3.87. The highest BCUT2D eigenvalue weighted by atomic mass is 19.3. The van der Waals surface area contributed by atoms with Crippen molar-refractivity contribution in [2.24, 2.45) is 5.73 Å². The Morgan fingerprint density at radius 2 is 1.88 bits per heavy atom. The molecule has 0 aromatic heterocycles. The fourth-order valence-electron chi connectivity index (χ4n) is 1.82. The van der Waals surface area contributed by atoms with E-state index in [1.54, 1.807) is 11.9 Å². The van der Waals surface area contributed by atoms with Crippen molar-refractivity contribution in [1.82, 2.24) is 4.90 Å². The van der Waals surface area contributed by atoms with Crippen LogP contribution >= 0.6 is 0 Å². The maximum atomic E-state index is 12.3. The van der Waals surface area contributed by atoms with Crippen molar-refractivity contribution in [2.75, 3.05) is 20.1 Å². The fourth-order valence-corrected chi connectivity index (χ4v) is 1.82. The molecule has 1 aromatic rings. The molecule has 0 amide bonds. The molecule has 0 aliphatic rings. The quantitative estimate of drug-likeness (QED) is 0.809. The molecule has 1 atom stereocenters. The van der Waals surface area contributed by atoms with Gasteiger partial charge in [-0.15, -0.1) is 0 Å². The SMILES string of the molecule is CN(CC(F)F)C(CCN)c1ccccc1. The lowest BCUT2D eigenvalue weighted by molar-refractivity contribution is 0.0789. The van der Waals surface area contributed by atoms with Crippen molar-refractivity contribution in [3.63, 3.8) is 0 Å². The van der Waals surface area contributed by atoms with Gasteiger partial charge >= 0.3 is 0 Å². The van der Waals surface area contributed by atoms with Gasteiger partial charge in [0, 0.05) is 6.04 Å². The average molecular weight is 228 g/mol. The lowest BCUT2D eigenvalue weighted by Crippen LogP contribution is -2.30. The molecule has 0 aliphatic carbocycles. The van der Waals surface area contributed by atoms with Crippen molar-refractivity contribution in [3.8, 4) is 0 Å². The van der Waals surface area contributed by atoms with Gasteiger partial charge in [-0.3, -0.25) is 4.90 Å². The molecule has 90 valence electrons. The standard InChI is InChI=1S/C12H18F2N2/c1-16(9-12(13)14)11(7-8-15)10-5-3-2-4-6-10/h2-6,11-12H,7-9,15H2,1H3. The predicted octanol–water partition coefficient (Wildman–Crippen LogP) is 2.27. The van der Waals surface area contributed by atoms with Crippen molar-refractivity contribution >= 4 is 0 Å². The van der Waals surface area contributed by atoms with E-state index in [-0.39, 0.29) is 12.6 Å². The number of benzene rings is 1. The van der Waals surface area contributed by atoms with E-state index in [0.717, 1.165) is 5.56 Å². The number of halogens is 2. The summed E-state index contributed by atoms with van der Waals surface area (Å²) >= 11 is 0. The van der Waals surface area contributed by atoms with Crippen LogP contribution in [0.4, 0.5) is 8.78 Å². The zero-order valence-corrected chi connectivity index (χ0v) is 9.44. The van der Waals surface area contributed by atoms with Crippen molar-refractivity contribution in [1.29, 1.82) is 0 Å². The molecule has 0 fully saturated rings. The van der Waals surface area contributed by atoms with Crippen LogP contribution in [0.1, 0.15) is 18.0 Å². The summed E-state index contributed by atoms with van der Waals surface area (Å²) in [7, 11) is 1.71. The molecular formula is C12H18F2N2. The maximum absolute atomic E-state index is 12.3. The minimum absolute atomic E-state index is 0.0276. The van der Waals surface area contributed by atoms with E-state index in [9.17, 15) is 8.78 Å².